The molecular weight excluding hydrogens is 262 g/mol. The number of aliphatic hydroxyl groups excluding tert-OH is 2. The standard InChI is InChI=1S/C18H19NO2/c20-17-11-5-10-16(18(17)21)19-14-8-3-1-6-12(14)13-7-2-4-9-15(13)19/h1-4,6-9,16-18,20-21H,5,10-11H2. The Morgan fingerprint density at radius 2 is 1.38 bits per heavy atom. The molecule has 0 amide bonds. The zero-order chi connectivity index (χ0) is 14.4. The van der Waals surface area contributed by atoms with Crippen LogP contribution in [0.5, 0.6) is 0 Å². The zero-order valence-corrected chi connectivity index (χ0v) is 11.8. The summed E-state index contributed by atoms with van der Waals surface area (Å²) in [5.41, 5.74) is 2.27. The molecule has 1 aromatic heterocycles. The maximum absolute atomic E-state index is 10.5. The minimum absolute atomic E-state index is 0.0569. The van der Waals surface area contributed by atoms with Crippen molar-refractivity contribution in [2.75, 3.05) is 0 Å². The molecule has 108 valence electrons. The molecule has 2 aromatic carbocycles. The van der Waals surface area contributed by atoms with E-state index in [2.05, 4.69) is 28.8 Å². The summed E-state index contributed by atoms with van der Waals surface area (Å²) in [5.74, 6) is 0. The number of hydrogen-bond acceptors (Lipinski definition) is 2. The summed E-state index contributed by atoms with van der Waals surface area (Å²) in [6.45, 7) is 0. The SMILES string of the molecule is OC1CCCC(n2c3ccccc3c3ccccc32)C1O. The molecule has 0 aliphatic heterocycles. The molecule has 3 nitrogen and oxygen atoms in total. The second kappa shape index (κ2) is 4.86. The van der Waals surface area contributed by atoms with E-state index >= 15 is 0 Å². The summed E-state index contributed by atoms with van der Waals surface area (Å²) in [6.07, 6.45) is 1.22. The molecule has 1 saturated carbocycles. The number of fused-ring (bicyclic) bond motifs is 3. The highest BCUT2D eigenvalue weighted by Crippen LogP contribution is 2.37. The zero-order valence-electron chi connectivity index (χ0n) is 11.8. The predicted octanol–water partition coefficient (Wildman–Crippen LogP) is 3.24. The van der Waals surface area contributed by atoms with E-state index in [1.807, 2.05) is 24.3 Å². The quantitative estimate of drug-likeness (QED) is 0.719. The lowest BCUT2D eigenvalue weighted by atomic mass is 9.89. The number of rotatable bonds is 1. The van der Waals surface area contributed by atoms with Crippen molar-refractivity contribution in [1.82, 2.24) is 4.57 Å². The van der Waals surface area contributed by atoms with Crippen molar-refractivity contribution in [2.45, 2.75) is 37.5 Å². The third kappa shape index (κ3) is 1.88. The van der Waals surface area contributed by atoms with Gasteiger partial charge >= 0.3 is 0 Å². The Labute approximate surface area is 123 Å². The Hall–Kier alpha value is -1.84. The minimum atomic E-state index is -0.696. The molecule has 0 radical (unpaired) electrons. The molecule has 1 aliphatic carbocycles. The van der Waals surface area contributed by atoms with Crippen molar-refractivity contribution in [3.8, 4) is 0 Å². The molecule has 3 unspecified atom stereocenters. The van der Waals surface area contributed by atoms with Crippen LogP contribution in [0, 0.1) is 0 Å². The van der Waals surface area contributed by atoms with Crippen LogP contribution in [0.3, 0.4) is 0 Å². The molecule has 3 atom stereocenters. The molecule has 1 aliphatic rings. The first-order chi connectivity index (χ1) is 10.3. The van der Waals surface area contributed by atoms with E-state index in [-0.39, 0.29) is 6.04 Å². The topological polar surface area (TPSA) is 45.4 Å². The van der Waals surface area contributed by atoms with Crippen LogP contribution in [0.25, 0.3) is 21.8 Å². The Morgan fingerprint density at radius 3 is 2.00 bits per heavy atom. The van der Waals surface area contributed by atoms with E-state index in [9.17, 15) is 10.2 Å². The molecule has 0 saturated heterocycles. The first-order valence-corrected chi connectivity index (χ1v) is 7.61. The van der Waals surface area contributed by atoms with Gasteiger partial charge in [0.25, 0.3) is 0 Å². The van der Waals surface area contributed by atoms with E-state index in [0.29, 0.717) is 6.42 Å². The van der Waals surface area contributed by atoms with Crippen LogP contribution < -0.4 is 0 Å². The molecule has 0 spiro atoms. The van der Waals surface area contributed by atoms with Gasteiger partial charge in [0.05, 0.1) is 12.1 Å². The van der Waals surface area contributed by atoms with E-state index in [4.69, 9.17) is 0 Å². The summed E-state index contributed by atoms with van der Waals surface area (Å²) in [5, 5.41) is 22.9. The smallest absolute Gasteiger partial charge is 0.101 e. The minimum Gasteiger partial charge on any atom is -0.390 e. The number of aliphatic hydroxyl groups is 2. The van der Waals surface area contributed by atoms with Crippen molar-refractivity contribution in [1.29, 1.82) is 0 Å². The normalized spacial score (nSPS) is 26.5. The highest BCUT2D eigenvalue weighted by atomic mass is 16.3. The highest BCUT2D eigenvalue weighted by molar-refractivity contribution is 6.08. The van der Waals surface area contributed by atoms with Crippen molar-refractivity contribution in [3.63, 3.8) is 0 Å². The van der Waals surface area contributed by atoms with Gasteiger partial charge in [-0.2, -0.15) is 0 Å². The fourth-order valence-corrected chi connectivity index (χ4v) is 3.73. The fraction of sp³-hybridized carbons (Fsp3) is 0.333. The van der Waals surface area contributed by atoms with E-state index in [1.54, 1.807) is 0 Å². The number of benzene rings is 2. The van der Waals surface area contributed by atoms with Crippen molar-refractivity contribution < 1.29 is 10.2 Å². The van der Waals surface area contributed by atoms with Crippen LogP contribution in [0.2, 0.25) is 0 Å². The predicted molar refractivity (Wildman–Crippen MR) is 84.3 cm³/mol. The number of para-hydroxylation sites is 2. The third-order valence-corrected chi connectivity index (χ3v) is 4.74. The monoisotopic (exact) mass is 281 g/mol. The maximum Gasteiger partial charge on any atom is 0.101 e. The largest absolute Gasteiger partial charge is 0.390 e. The summed E-state index contributed by atoms with van der Waals surface area (Å²) in [7, 11) is 0. The molecule has 1 heterocycles. The number of nitrogens with zero attached hydrogens (tertiary/aromatic N) is 1. The molecular formula is C18H19NO2. The van der Waals surface area contributed by atoms with Crippen LogP contribution in [0.4, 0.5) is 0 Å². The third-order valence-electron chi connectivity index (χ3n) is 4.74. The van der Waals surface area contributed by atoms with Gasteiger partial charge in [0.15, 0.2) is 0 Å². The van der Waals surface area contributed by atoms with Gasteiger partial charge in [-0.05, 0) is 31.4 Å². The molecule has 0 bridgehead atoms. The van der Waals surface area contributed by atoms with Crippen LogP contribution in [-0.2, 0) is 0 Å². The second-order valence-corrected chi connectivity index (χ2v) is 5.96. The number of hydrogen-bond donors (Lipinski definition) is 2. The van der Waals surface area contributed by atoms with Gasteiger partial charge in [0, 0.05) is 21.8 Å². The molecule has 4 rings (SSSR count). The summed E-state index contributed by atoms with van der Waals surface area (Å²) >= 11 is 0. The average Bonchev–Trinajstić information content (AvgIpc) is 2.85. The van der Waals surface area contributed by atoms with Gasteiger partial charge in [-0.15, -0.1) is 0 Å². The van der Waals surface area contributed by atoms with Crippen molar-refractivity contribution in [3.05, 3.63) is 48.5 Å². The van der Waals surface area contributed by atoms with Gasteiger partial charge in [0.1, 0.15) is 6.10 Å². The fourth-order valence-electron chi connectivity index (χ4n) is 3.73. The molecule has 2 N–H and O–H groups in total. The first-order valence-electron chi connectivity index (χ1n) is 7.61. The van der Waals surface area contributed by atoms with Crippen molar-refractivity contribution in [2.24, 2.45) is 0 Å². The average molecular weight is 281 g/mol. The highest BCUT2D eigenvalue weighted by Gasteiger charge is 2.33. The Balaban J connectivity index is 2.01. The van der Waals surface area contributed by atoms with E-state index in [1.165, 1.54) is 10.8 Å². The molecule has 3 aromatic rings. The second-order valence-electron chi connectivity index (χ2n) is 5.96. The van der Waals surface area contributed by atoms with Crippen LogP contribution in [0.1, 0.15) is 25.3 Å². The van der Waals surface area contributed by atoms with Crippen LogP contribution >= 0.6 is 0 Å². The van der Waals surface area contributed by atoms with E-state index in [0.717, 1.165) is 23.9 Å². The summed E-state index contributed by atoms with van der Waals surface area (Å²) in [4.78, 5) is 0. The van der Waals surface area contributed by atoms with Crippen LogP contribution in [0.15, 0.2) is 48.5 Å². The van der Waals surface area contributed by atoms with E-state index < -0.39 is 12.2 Å². The summed E-state index contributed by atoms with van der Waals surface area (Å²) < 4.78 is 2.22. The Bertz CT molecular complexity index is 739. The van der Waals surface area contributed by atoms with Gasteiger partial charge in [-0.25, -0.2) is 0 Å². The van der Waals surface area contributed by atoms with Gasteiger partial charge in [-0.1, -0.05) is 36.4 Å². The lowest BCUT2D eigenvalue weighted by molar-refractivity contribution is -0.0375. The van der Waals surface area contributed by atoms with Gasteiger partial charge in [-0.3, -0.25) is 0 Å². The van der Waals surface area contributed by atoms with Gasteiger partial charge in [0.2, 0.25) is 0 Å². The number of aromatic nitrogens is 1. The van der Waals surface area contributed by atoms with Crippen molar-refractivity contribution >= 4 is 21.8 Å². The maximum atomic E-state index is 10.5. The Kier molecular flexibility index (Phi) is 2.98. The van der Waals surface area contributed by atoms with Crippen LogP contribution in [-0.4, -0.2) is 27.0 Å². The molecule has 21 heavy (non-hydrogen) atoms. The molecule has 3 heteroatoms. The summed E-state index contributed by atoms with van der Waals surface area (Å²) in [6, 6.07) is 16.5. The Morgan fingerprint density at radius 1 is 0.810 bits per heavy atom. The lowest BCUT2D eigenvalue weighted by Crippen LogP contribution is -2.38. The first kappa shape index (κ1) is 12.9. The molecule has 1 fully saturated rings. The van der Waals surface area contributed by atoms with Gasteiger partial charge < -0.3 is 14.8 Å². The lowest BCUT2D eigenvalue weighted by Gasteiger charge is -2.33.